The fourth-order valence-electron chi connectivity index (χ4n) is 3.41. The summed E-state index contributed by atoms with van der Waals surface area (Å²) in [5.41, 5.74) is 3.22. The van der Waals surface area contributed by atoms with Crippen LogP contribution in [-0.4, -0.2) is 19.2 Å². The summed E-state index contributed by atoms with van der Waals surface area (Å²) in [6, 6.07) is 26.1. The highest BCUT2D eigenvalue weighted by Gasteiger charge is 2.15. The molecule has 0 aliphatic heterocycles. The first kappa shape index (κ1) is 20.0. The summed E-state index contributed by atoms with van der Waals surface area (Å²) >= 11 is 6.68. The number of halogens is 1. The Kier molecular flexibility index (Phi) is 6.05. The molecule has 0 aliphatic rings. The van der Waals surface area contributed by atoms with E-state index in [1.54, 1.807) is 14.2 Å². The standard InChI is InChI=1S/C25H23ClN2O2/c1-29-21-11-7-18(8-12-21)16-28(17-19-9-13-22(30-2)14-10-19)25-23(26)15-20-5-3-4-6-24(20)27-25/h3-15H,16-17H2,1-2H3. The maximum Gasteiger partial charge on any atom is 0.148 e. The normalized spacial score (nSPS) is 10.8. The average molecular weight is 419 g/mol. The van der Waals surface area contributed by atoms with Crippen molar-refractivity contribution in [3.63, 3.8) is 0 Å². The van der Waals surface area contributed by atoms with Gasteiger partial charge in [0.15, 0.2) is 0 Å². The van der Waals surface area contributed by atoms with Crippen LogP contribution in [0, 0.1) is 0 Å². The molecular formula is C25H23ClN2O2. The van der Waals surface area contributed by atoms with E-state index in [0.717, 1.165) is 39.3 Å². The van der Waals surface area contributed by atoms with Crippen LogP contribution < -0.4 is 14.4 Å². The number of fused-ring (bicyclic) bond motifs is 1. The van der Waals surface area contributed by atoms with Crippen LogP contribution in [0.25, 0.3) is 10.9 Å². The lowest BCUT2D eigenvalue weighted by atomic mass is 10.1. The second-order valence-corrected chi connectivity index (χ2v) is 7.45. The minimum Gasteiger partial charge on any atom is -0.497 e. The van der Waals surface area contributed by atoms with Crippen molar-refractivity contribution in [1.29, 1.82) is 0 Å². The van der Waals surface area contributed by atoms with Crippen molar-refractivity contribution in [1.82, 2.24) is 4.98 Å². The molecule has 4 nitrogen and oxygen atoms in total. The van der Waals surface area contributed by atoms with E-state index in [9.17, 15) is 0 Å². The summed E-state index contributed by atoms with van der Waals surface area (Å²) in [5.74, 6) is 2.44. The van der Waals surface area contributed by atoms with Gasteiger partial charge in [0, 0.05) is 18.5 Å². The van der Waals surface area contributed by atoms with Gasteiger partial charge in [0.1, 0.15) is 17.3 Å². The molecule has 0 saturated carbocycles. The van der Waals surface area contributed by atoms with Crippen molar-refractivity contribution in [2.75, 3.05) is 19.1 Å². The molecule has 5 heteroatoms. The Hall–Kier alpha value is -3.24. The van der Waals surface area contributed by atoms with Gasteiger partial charge in [0.2, 0.25) is 0 Å². The van der Waals surface area contributed by atoms with Crippen LogP contribution in [0.15, 0.2) is 78.9 Å². The molecule has 0 unspecified atom stereocenters. The maximum absolute atomic E-state index is 6.68. The van der Waals surface area contributed by atoms with Crippen molar-refractivity contribution < 1.29 is 9.47 Å². The summed E-state index contributed by atoms with van der Waals surface area (Å²) in [5, 5.41) is 1.66. The zero-order chi connectivity index (χ0) is 20.9. The Morgan fingerprint density at radius 1 is 0.767 bits per heavy atom. The molecule has 0 radical (unpaired) electrons. The lowest BCUT2D eigenvalue weighted by Crippen LogP contribution is -2.23. The van der Waals surface area contributed by atoms with Crippen molar-refractivity contribution in [3.05, 3.63) is 95.0 Å². The highest BCUT2D eigenvalue weighted by molar-refractivity contribution is 6.33. The highest BCUT2D eigenvalue weighted by atomic mass is 35.5. The van der Waals surface area contributed by atoms with Crippen molar-refractivity contribution >= 4 is 28.3 Å². The van der Waals surface area contributed by atoms with E-state index < -0.39 is 0 Å². The first-order valence-corrected chi connectivity index (χ1v) is 10.1. The third-order valence-corrected chi connectivity index (χ3v) is 5.30. The number of pyridine rings is 1. The molecule has 0 N–H and O–H groups in total. The van der Waals surface area contributed by atoms with Crippen LogP contribution in [-0.2, 0) is 13.1 Å². The Bertz CT molecular complexity index is 1080. The molecule has 0 saturated heterocycles. The zero-order valence-corrected chi connectivity index (χ0v) is 17.8. The van der Waals surface area contributed by atoms with Crippen LogP contribution in [0.4, 0.5) is 5.82 Å². The van der Waals surface area contributed by atoms with Gasteiger partial charge in [0.25, 0.3) is 0 Å². The largest absolute Gasteiger partial charge is 0.497 e. The minimum absolute atomic E-state index is 0.635. The molecule has 152 valence electrons. The van der Waals surface area contributed by atoms with Gasteiger partial charge in [-0.15, -0.1) is 0 Å². The van der Waals surface area contributed by atoms with Crippen molar-refractivity contribution in [3.8, 4) is 11.5 Å². The smallest absolute Gasteiger partial charge is 0.148 e. The third kappa shape index (κ3) is 4.50. The fraction of sp³-hybridized carbons (Fsp3) is 0.160. The number of aromatic nitrogens is 1. The number of hydrogen-bond acceptors (Lipinski definition) is 4. The van der Waals surface area contributed by atoms with E-state index in [1.807, 2.05) is 54.6 Å². The van der Waals surface area contributed by atoms with Crippen LogP contribution in [0.2, 0.25) is 5.02 Å². The van der Waals surface area contributed by atoms with E-state index in [2.05, 4.69) is 29.2 Å². The van der Waals surface area contributed by atoms with Gasteiger partial charge in [-0.05, 0) is 47.5 Å². The molecule has 30 heavy (non-hydrogen) atoms. The van der Waals surface area contributed by atoms with Crippen LogP contribution >= 0.6 is 11.6 Å². The fourth-order valence-corrected chi connectivity index (χ4v) is 3.69. The SMILES string of the molecule is COc1ccc(CN(Cc2ccc(OC)cc2)c2nc3ccccc3cc2Cl)cc1. The topological polar surface area (TPSA) is 34.6 Å². The van der Waals surface area contributed by atoms with Gasteiger partial charge in [0.05, 0.1) is 24.8 Å². The summed E-state index contributed by atoms with van der Waals surface area (Å²) < 4.78 is 10.6. The number of rotatable bonds is 7. The molecule has 0 aliphatic carbocycles. The Labute approximate surface area is 181 Å². The van der Waals surface area contributed by atoms with E-state index in [-0.39, 0.29) is 0 Å². The Morgan fingerprint density at radius 3 is 1.83 bits per heavy atom. The molecule has 0 spiro atoms. The van der Waals surface area contributed by atoms with Crippen LogP contribution in [0.1, 0.15) is 11.1 Å². The molecule has 1 aromatic heterocycles. The number of nitrogens with zero attached hydrogens (tertiary/aromatic N) is 2. The van der Waals surface area contributed by atoms with Gasteiger partial charge in [-0.1, -0.05) is 54.1 Å². The summed E-state index contributed by atoms with van der Waals surface area (Å²) in [6.45, 7) is 1.34. The summed E-state index contributed by atoms with van der Waals surface area (Å²) in [4.78, 5) is 7.07. The van der Waals surface area contributed by atoms with Crippen LogP contribution in [0.3, 0.4) is 0 Å². The zero-order valence-electron chi connectivity index (χ0n) is 17.0. The number of anilines is 1. The second kappa shape index (κ2) is 9.06. The van der Waals surface area contributed by atoms with E-state index >= 15 is 0 Å². The minimum atomic E-state index is 0.635. The third-order valence-electron chi connectivity index (χ3n) is 5.02. The summed E-state index contributed by atoms with van der Waals surface area (Å²) in [7, 11) is 3.34. The quantitative estimate of drug-likeness (QED) is 0.362. The molecule has 0 atom stereocenters. The Balaban J connectivity index is 1.70. The Morgan fingerprint density at radius 2 is 1.30 bits per heavy atom. The number of para-hydroxylation sites is 1. The highest BCUT2D eigenvalue weighted by Crippen LogP contribution is 2.30. The molecule has 3 aromatic carbocycles. The number of benzene rings is 3. The predicted octanol–water partition coefficient (Wildman–Crippen LogP) is 6.11. The second-order valence-electron chi connectivity index (χ2n) is 7.04. The van der Waals surface area contributed by atoms with E-state index in [0.29, 0.717) is 18.1 Å². The predicted molar refractivity (Wildman–Crippen MR) is 123 cm³/mol. The number of methoxy groups -OCH3 is 2. The van der Waals surface area contributed by atoms with E-state index in [1.165, 1.54) is 0 Å². The van der Waals surface area contributed by atoms with Crippen LogP contribution in [0.5, 0.6) is 11.5 Å². The lowest BCUT2D eigenvalue weighted by Gasteiger charge is -2.25. The number of ether oxygens (including phenoxy) is 2. The molecular weight excluding hydrogens is 396 g/mol. The van der Waals surface area contributed by atoms with Gasteiger partial charge < -0.3 is 14.4 Å². The molecule has 4 aromatic rings. The molecule has 0 amide bonds. The first-order valence-electron chi connectivity index (χ1n) is 9.72. The average Bonchev–Trinajstić information content (AvgIpc) is 2.79. The van der Waals surface area contributed by atoms with Gasteiger partial charge in [-0.2, -0.15) is 0 Å². The molecule has 1 heterocycles. The molecule has 4 rings (SSSR count). The molecule has 0 fully saturated rings. The van der Waals surface area contributed by atoms with Gasteiger partial charge in [-0.3, -0.25) is 0 Å². The van der Waals surface area contributed by atoms with E-state index in [4.69, 9.17) is 26.1 Å². The lowest BCUT2D eigenvalue weighted by molar-refractivity contribution is 0.414. The number of hydrogen-bond donors (Lipinski definition) is 0. The van der Waals surface area contributed by atoms with Crippen molar-refractivity contribution in [2.24, 2.45) is 0 Å². The van der Waals surface area contributed by atoms with Crippen molar-refractivity contribution in [2.45, 2.75) is 13.1 Å². The molecule has 0 bridgehead atoms. The van der Waals surface area contributed by atoms with Gasteiger partial charge in [-0.25, -0.2) is 4.98 Å². The maximum atomic E-state index is 6.68. The summed E-state index contributed by atoms with van der Waals surface area (Å²) in [6.07, 6.45) is 0. The first-order chi connectivity index (χ1) is 14.7. The van der Waals surface area contributed by atoms with Gasteiger partial charge >= 0.3 is 0 Å². The monoisotopic (exact) mass is 418 g/mol.